The Hall–Kier alpha value is -2.41. The van der Waals surface area contributed by atoms with Gasteiger partial charge in [0.2, 0.25) is 5.91 Å². The Labute approximate surface area is 134 Å². The second-order valence-corrected chi connectivity index (χ2v) is 5.05. The molecule has 7 heteroatoms. The van der Waals surface area contributed by atoms with Gasteiger partial charge in [0, 0.05) is 0 Å². The number of benzene rings is 1. The number of esters is 1. The number of imide groups is 1. The van der Waals surface area contributed by atoms with Crippen LogP contribution in [-0.2, 0) is 19.1 Å². The fraction of sp³-hybridized carbons (Fsp3) is 0.438. The minimum Gasteiger partial charge on any atom is -0.494 e. The molecular formula is C16H21N2O5+. The standard InChI is InChI=1S/C16H20N2O5/c1-3-22-12-7-5-11(6-8-12)18-14(19)9-13(16(18)21)17-10-15(20)23-4-2/h5-8,13,17H,3-4,9-10H2,1-2H3/p+1/t13-/m1/s1. The molecule has 0 aromatic heterocycles. The summed E-state index contributed by atoms with van der Waals surface area (Å²) in [6.07, 6.45) is 0.0749. The van der Waals surface area contributed by atoms with Crippen molar-refractivity contribution in [3.63, 3.8) is 0 Å². The molecule has 0 bridgehead atoms. The highest BCUT2D eigenvalue weighted by Crippen LogP contribution is 2.24. The molecular weight excluding hydrogens is 300 g/mol. The summed E-state index contributed by atoms with van der Waals surface area (Å²) in [6.45, 7) is 4.46. The summed E-state index contributed by atoms with van der Waals surface area (Å²) in [4.78, 5) is 37.0. The third kappa shape index (κ3) is 4.07. The zero-order chi connectivity index (χ0) is 16.8. The molecule has 0 aliphatic carbocycles. The van der Waals surface area contributed by atoms with Gasteiger partial charge in [-0.25, -0.2) is 9.69 Å². The van der Waals surface area contributed by atoms with Gasteiger partial charge in [-0.05, 0) is 38.1 Å². The SMILES string of the molecule is CCOC(=O)C[NH2+][C@@H]1CC(=O)N(c2ccc(OCC)cc2)C1=O. The molecule has 1 atom stereocenters. The Morgan fingerprint density at radius 2 is 1.91 bits per heavy atom. The zero-order valence-electron chi connectivity index (χ0n) is 13.3. The van der Waals surface area contributed by atoms with Crippen molar-refractivity contribution < 1.29 is 29.2 Å². The Balaban J connectivity index is 2.01. The minimum absolute atomic E-state index is 0.0225. The van der Waals surface area contributed by atoms with Crippen molar-refractivity contribution in [1.82, 2.24) is 0 Å². The maximum Gasteiger partial charge on any atom is 0.361 e. The highest BCUT2D eigenvalue weighted by Gasteiger charge is 2.42. The van der Waals surface area contributed by atoms with Gasteiger partial charge in [-0.1, -0.05) is 0 Å². The van der Waals surface area contributed by atoms with Gasteiger partial charge in [-0.15, -0.1) is 0 Å². The van der Waals surface area contributed by atoms with E-state index in [0.29, 0.717) is 24.7 Å². The van der Waals surface area contributed by atoms with E-state index in [1.54, 1.807) is 36.5 Å². The first kappa shape index (κ1) is 17.0. The lowest BCUT2D eigenvalue weighted by Gasteiger charge is -2.14. The number of rotatable bonds is 7. The van der Waals surface area contributed by atoms with Crippen LogP contribution in [0.4, 0.5) is 5.69 Å². The number of carbonyl (C=O) groups is 3. The molecule has 1 fully saturated rings. The predicted octanol–water partition coefficient (Wildman–Crippen LogP) is -0.156. The van der Waals surface area contributed by atoms with Crippen molar-refractivity contribution >= 4 is 23.5 Å². The first-order valence-corrected chi connectivity index (χ1v) is 7.65. The van der Waals surface area contributed by atoms with Gasteiger partial charge in [0.25, 0.3) is 5.91 Å². The van der Waals surface area contributed by atoms with Crippen LogP contribution >= 0.6 is 0 Å². The molecule has 0 spiro atoms. The van der Waals surface area contributed by atoms with Crippen LogP contribution in [0.3, 0.4) is 0 Å². The van der Waals surface area contributed by atoms with Crippen LogP contribution in [0.5, 0.6) is 5.75 Å². The van der Waals surface area contributed by atoms with E-state index in [4.69, 9.17) is 9.47 Å². The van der Waals surface area contributed by atoms with Crippen LogP contribution in [0.1, 0.15) is 20.3 Å². The molecule has 124 valence electrons. The number of quaternary nitrogens is 1. The third-order valence-electron chi connectivity index (χ3n) is 3.46. The van der Waals surface area contributed by atoms with Gasteiger partial charge >= 0.3 is 5.97 Å². The van der Waals surface area contributed by atoms with Gasteiger partial charge in [0.1, 0.15) is 5.75 Å². The molecule has 1 aromatic rings. The molecule has 0 unspecified atom stereocenters. The number of nitrogens with two attached hydrogens (primary N) is 1. The molecule has 2 rings (SSSR count). The van der Waals surface area contributed by atoms with Crippen molar-refractivity contribution in [3.8, 4) is 5.75 Å². The predicted molar refractivity (Wildman–Crippen MR) is 81.9 cm³/mol. The minimum atomic E-state index is -0.585. The van der Waals surface area contributed by atoms with Gasteiger partial charge in [0.05, 0.1) is 25.3 Å². The zero-order valence-corrected chi connectivity index (χ0v) is 13.3. The molecule has 1 aromatic carbocycles. The lowest BCUT2D eigenvalue weighted by molar-refractivity contribution is -0.665. The Morgan fingerprint density at radius 1 is 1.22 bits per heavy atom. The first-order chi connectivity index (χ1) is 11.1. The molecule has 0 saturated carbocycles. The second-order valence-electron chi connectivity index (χ2n) is 5.05. The average Bonchev–Trinajstić information content (AvgIpc) is 2.81. The molecule has 0 radical (unpaired) electrons. The van der Waals surface area contributed by atoms with E-state index < -0.39 is 12.0 Å². The molecule has 2 N–H and O–H groups in total. The Kier molecular flexibility index (Phi) is 5.70. The third-order valence-corrected chi connectivity index (χ3v) is 3.46. The number of nitrogens with zero attached hydrogens (tertiary/aromatic N) is 1. The van der Waals surface area contributed by atoms with E-state index in [0.717, 1.165) is 4.90 Å². The monoisotopic (exact) mass is 321 g/mol. The van der Waals surface area contributed by atoms with Gasteiger partial charge in [-0.2, -0.15) is 0 Å². The number of carbonyl (C=O) groups excluding carboxylic acids is 3. The van der Waals surface area contributed by atoms with E-state index in [9.17, 15) is 14.4 Å². The first-order valence-electron chi connectivity index (χ1n) is 7.65. The smallest absolute Gasteiger partial charge is 0.361 e. The van der Waals surface area contributed by atoms with E-state index in [1.165, 1.54) is 0 Å². The highest BCUT2D eigenvalue weighted by atomic mass is 16.5. The van der Waals surface area contributed by atoms with Gasteiger partial charge in [0.15, 0.2) is 12.6 Å². The average molecular weight is 321 g/mol. The van der Waals surface area contributed by atoms with Crippen molar-refractivity contribution in [3.05, 3.63) is 24.3 Å². The van der Waals surface area contributed by atoms with Crippen LogP contribution in [0.25, 0.3) is 0 Å². The molecule has 1 heterocycles. The maximum atomic E-state index is 12.4. The van der Waals surface area contributed by atoms with Crippen molar-refractivity contribution in [1.29, 1.82) is 0 Å². The van der Waals surface area contributed by atoms with E-state index in [1.807, 2.05) is 6.92 Å². The van der Waals surface area contributed by atoms with E-state index >= 15 is 0 Å². The molecule has 1 aliphatic rings. The number of anilines is 1. The summed E-state index contributed by atoms with van der Waals surface area (Å²) in [6, 6.07) is 6.20. The largest absolute Gasteiger partial charge is 0.494 e. The molecule has 1 saturated heterocycles. The fourth-order valence-corrected chi connectivity index (χ4v) is 2.43. The number of ether oxygens (including phenoxy) is 2. The van der Waals surface area contributed by atoms with Crippen molar-refractivity contribution in [2.45, 2.75) is 26.3 Å². The summed E-state index contributed by atoms with van der Waals surface area (Å²) in [5.41, 5.74) is 0.510. The van der Waals surface area contributed by atoms with E-state index in [2.05, 4.69) is 0 Å². The van der Waals surface area contributed by atoms with Crippen LogP contribution in [0.2, 0.25) is 0 Å². The van der Waals surface area contributed by atoms with Crippen molar-refractivity contribution in [2.75, 3.05) is 24.7 Å². The van der Waals surface area contributed by atoms with Gasteiger partial charge < -0.3 is 14.8 Å². The highest BCUT2D eigenvalue weighted by molar-refractivity contribution is 6.21. The van der Waals surface area contributed by atoms with Gasteiger partial charge in [-0.3, -0.25) is 9.59 Å². The number of amides is 2. The topological polar surface area (TPSA) is 89.5 Å². The quantitative estimate of drug-likeness (QED) is 0.557. The Morgan fingerprint density at radius 3 is 2.52 bits per heavy atom. The number of hydrogen-bond donors (Lipinski definition) is 1. The lowest BCUT2D eigenvalue weighted by atomic mass is 10.2. The normalized spacial score (nSPS) is 17.5. The molecule has 1 aliphatic heterocycles. The Bertz CT molecular complexity index is 585. The number of hydrogen-bond acceptors (Lipinski definition) is 5. The maximum absolute atomic E-state index is 12.4. The summed E-state index contributed by atoms with van der Waals surface area (Å²) in [5, 5.41) is 1.55. The second kappa shape index (κ2) is 7.73. The fourth-order valence-electron chi connectivity index (χ4n) is 2.43. The molecule has 7 nitrogen and oxygen atoms in total. The van der Waals surface area contributed by atoms with Crippen LogP contribution in [0, 0.1) is 0 Å². The molecule has 2 amide bonds. The molecule has 23 heavy (non-hydrogen) atoms. The van der Waals surface area contributed by atoms with Crippen molar-refractivity contribution in [2.24, 2.45) is 0 Å². The van der Waals surface area contributed by atoms with Crippen LogP contribution in [-0.4, -0.2) is 43.6 Å². The summed E-state index contributed by atoms with van der Waals surface area (Å²) >= 11 is 0. The summed E-state index contributed by atoms with van der Waals surface area (Å²) in [5.74, 6) is -0.305. The van der Waals surface area contributed by atoms with Crippen LogP contribution < -0.4 is 15.0 Å². The summed E-state index contributed by atoms with van der Waals surface area (Å²) in [7, 11) is 0. The lowest BCUT2D eigenvalue weighted by Crippen LogP contribution is -2.93. The van der Waals surface area contributed by atoms with E-state index in [-0.39, 0.29) is 24.8 Å². The van der Waals surface area contributed by atoms with Crippen LogP contribution in [0.15, 0.2) is 24.3 Å². The summed E-state index contributed by atoms with van der Waals surface area (Å²) < 4.78 is 10.2.